The first-order valence-electron chi connectivity index (χ1n) is 15.6. The second-order valence-electron chi connectivity index (χ2n) is 11.5. The lowest BCUT2D eigenvalue weighted by molar-refractivity contribution is -0.126. The summed E-state index contributed by atoms with van der Waals surface area (Å²) in [4.78, 5) is 44.0. The third kappa shape index (κ3) is 6.76. The molecule has 1 amide bonds. The van der Waals surface area contributed by atoms with Gasteiger partial charge in [0.05, 0.1) is 28.9 Å². The third-order valence-corrected chi connectivity index (χ3v) is 9.57. The van der Waals surface area contributed by atoms with Crippen LogP contribution in [0.5, 0.6) is 0 Å². The lowest BCUT2D eigenvalue weighted by atomic mass is 9.96. The molecule has 0 unspecified atom stereocenters. The number of hydrogen-bond acceptors (Lipinski definition) is 7. The van der Waals surface area contributed by atoms with Crippen molar-refractivity contribution in [1.29, 1.82) is 5.26 Å². The van der Waals surface area contributed by atoms with E-state index >= 15 is 0 Å². The Morgan fingerprint density at radius 3 is 1.96 bits per heavy atom. The number of esters is 1. The molecule has 8 nitrogen and oxygen atoms in total. The molecule has 0 aliphatic carbocycles. The minimum atomic E-state index is -0.454. The Kier molecular flexibility index (Phi) is 9.76. The van der Waals surface area contributed by atoms with Gasteiger partial charge in [-0.2, -0.15) is 5.26 Å². The highest BCUT2D eigenvalue weighted by atomic mass is 32.1. The second kappa shape index (κ2) is 14.5. The van der Waals surface area contributed by atoms with Crippen molar-refractivity contribution < 1.29 is 14.3 Å². The molecule has 5 aromatic rings. The number of hydrogen-bond donors (Lipinski definition) is 0. The van der Waals surface area contributed by atoms with Gasteiger partial charge in [-0.1, -0.05) is 90.5 Å². The van der Waals surface area contributed by atoms with Crippen LogP contribution in [0.1, 0.15) is 38.7 Å². The van der Waals surface area contributed by atoms with Gasteiger partial charge in [0, 0.05) is 26.2 Å². The van der Waals surface area contributed by atoms with Crippen LogP contribution >= 0.6 is 11.3 Å². The lowest BCUT2D eigenvalue weighted by Gasteiger charge is -2.39. The Morgan fingerprint density at radius 2 is 1.42 bits per heavy atom. The van der Waals surface area contributed by atoms with Crippen LogP contribution in [-0.4, -0.2) is 59.5 Å². The summed E-state index contributed by atoms with van der Waals surface area (Å²) in [7, 11) is 1.32. The summed E-state index contributed by atoms with van der Waals surface area (Å²) in [5, 5.41) is 10.4. The highest BCUT2D eigenvalue weighted by molar-refractivity contribution is 7.07. The quantitative estimate of drug-likeness (QED) is 0.241. The minimum Gasteiger partial charge on any atom is -0.465 e. The van der Waals surface area contributed by atoms with Crippen molar-refractivity contribution in [2.24, 2.45) is 0 Å². The van der Waals surface area contributed by atoms with Crippen LogP contribution in [0.4, 0.5) is 0 Å². The number of aryl methyl sites for hydroxylation is 1. The first-order valence-corrected chi connectivity index (χ1v) is 16.5. The van der Waals surface area contributed by atoms with Gasteiger partial charge in [0.25, 0.3) is 11.5 Å². The molecule has 9 heteroatoms. The summed E-state index contributed by atoms with van der Waals surface area (Å²) in [6.45, 7) is 4.07. The van der Waals surface area contributed by atoms with Crippen molar-refractivity contribution in [2.45, 2.75) is 13.0 Å². The smallest absolute Gasteiger partial charge is 0.337 e. The van der Waals surface area contributed by atoms with Crippen LogP contribution in [0.15, 0.2) is 114 Å². The number of ether oxygens (including phenoxy) is 1. The third-order valence-electron chi connectivity index (χ3n) is 8.48. The maximum absolute atomic E-state index is 14.1. The van der Waals surface area contributed by atoms with E-state index in [1.807, 2.05) is 67.6 Å². The molecule has 48 heavy (non-hydrogen) atoms. The molecule has 1 aliphatic rings. The molecule has 1 saturated heterocycles. The number of carbonyl (C=O) groups excluding carboxylic acids is 2. The molecule has 4 aromatic carbocycles. The van der Waals surface area contributed by atoms with Gasteiger partial charge in [0.2, 0.25) is 0 Å². The van der Waals surface area contributed by atoms with Crippen LogP contribution < -0.4 is 14.8 Å². The predicted octanol–water partition coefficient (Wildman–Crippen LogP) is 4.43. The van der Waals surface area contributed by atoms with E-state index < -0.39 is 11.9 Å². The number of thiazole rings is 1. The fourth-order valence-corrected chi connectivity index (χ4v) is 7.07. The Labute approximate surface area is 282 Å². The summed E-state index contributed by atoms with van der Waals surface area (Å²) in [6, 6.07) is 37.0. The average molecular weight is 655 g/mol. The van der Waals surface area contributed by atoms with Gasteiger partial charge in [0.15, 0.2) is 5.57 Å². The SMILES string of the molecule is COC(=O)c1ccc(C=c2sc(=C(C#N)C(=O)N3CCN(C(c4ccccc4)c4ccccc4)CC3)n(-c3ccc(C)cc3)c2=O)cc1. The normalized spacial score (nSPS) is 14.5. The van der Waals surface area contributed by atoms with Crippen molar-refractivity contribution in [1.82, 2.24) is 14.4 Å². The van der Waals surface area contributed by atoms with Crippen molar-refractivity contribution in [3.63, 3.8) is 0 Å². The van der Waals surface area contributed by atoms with Gasteiger partial charge >= 0.3 is 5.97 Å². The highest BCUT2D eigenvalue weighted by Gasteiger charge is 2.30. The van der Waals surface area contributed by atoms with E-state index in [0.717, 1.165) is 16.9 Å². The predicted molar refractivity (Wildman–Crippen MR) is 187 cm³/mol. The molecular formula is C39H34N4O4S. The number of rotatable bonds is 7. The molecule has 0 N–H and O–H groups in total. The summed E-state index contributed by atoms with van der Waals surface area (Å²) >= 11 is 1.11. The van der Waals surface area contributed by atoms with Gasteiger partial charge in [-0.25, -0.2) is 4.79 Å². The van der Waals surface area contributed by atoms with Gasteiger partial charge in [-0.15, -0.1) is 11.3 Å². The summed E-state index contributed by atoms with van der Waals surface area (Å²) in [5.74, 6) is -0.853. The van der Waals surface area contributed by atoms with Gasteiger partial charge < -0.3 is 9.64 Å². The Bertz CT molecular complexity index is 2100. The molecule has 1 aliphatic heterocycles. The van der Waals surface area contributed by atoms with E-state index in [1.54, 1.807) is 35.2 Å². The molecular weight excluding hydrogens is 621 g/mol. The van der Waals surface area contributed by atoms with Crippen LogP contribution in [0.2, 0.25) is 0 Å². The topological polar surface area (TPSA) is 95.6 Å². The first kappa shape index (κ1) is 32.4. The maximum Gasteiger partial charge on any atom is 0.337 e. The number of benzene rings is 4. The lowest BCUT2D eigenvalue weighted by Crippen LogP contribution is -2.50. The molecule has 1 aromatic heterocycles. The molecule has 1 fully saturated rings. The van der Waals surface area contributed by atoms with E-state index in [-0.39, 0.29) is 21.8 Å². The molecule has 240 valence electrons. The molecule has 0 radical (unpaired) electrons. The zero-order valence-corrected chi connectivity index (χ0v) is 27.5. The minimum absolute atomic E-state index is 0.0351. The number of aromatic nitrogens is 1. The van der Waals surface area contributed by atoms with Gasteiger partial charge in [-0.3, -0.25) is 19.1 Å². The van der Waals surface area contributed by atoms with E-state index in [2.05, 4.69) is 35.2 Å². The second-order valence-corrected chi connectivity index (χ2v) is 12.6. The van der Waals surface area contributed by atoms with Crippen LogP contribution in [0, 0.1) is 18.3 Å². The fraction of sp³-hybridized carbons (Fsp3) is 0.179. The number of nitriles is 1. The molecule has 2 heterocycles. The summed E-state index contributed by atoms with van der Waals surface area (Å²) in [6.07, 6.45) is 1.70. The van der Waals surface area contributed by atoms with Crippen molar-refractivity contribution in [3.05, 3.63) is 157 Å². The number of amides is 1. The standard InChI is InChI=1S/C39H34N4O4S/c1-27-13-19-32(20-14-27)43-37(45)34(25-28-15-17-31(18-16-28)39(46)47-2)48-38(43)33(26-40)36(44)42-23-21-41(22-24-42)35(29-9-5-3-6-10-29)30-11-7-4-8-12-30/h3-20,25,35H,21-24H2,1-2H3. The monoisotopic (exact) mass is 654 g/mol. The Balaban J connectivity index is 1.36. The summed E-state index contributed by atoms with van der Waals surface area (Å²) in [5.41, 5.74) is 4.61. The van der Waals surface area contributed by atoms with Crippen LogP contribution in [-0.2, 0) is 9.53 Å². The largest absolute Gasteiger partial charge is 0.465 e. The number of nitrogens with zero attached hydrogens (tertiary/aromatic N) is 4. The maximum atomic E-state index is 14.1. The molecule has 0 saturated carbocycles. The van der Waals surface area contributed by atoms with E-state index in [0.29, 0.717) is 47.5 Å². The van der Waals surface area contributed by atoms with E-state index in [1.165, 1.54) is 22.8 Å². The van der Waals surface area contributed by atoms with E-state index in [4.69, 9.17) is 4.74 Å². The molecule has 0 atom stereocenters. The molecule has 0 spiro atoms. The Morgan fingerprint density at radius 1 is 0.833 bits per heavy atom. The van der Waals surface area contributed by atoms with Crippen molar-refractivity contribution in [2.75, 3.05) is 33.3 Å². The van der Waals surface area contributed by atoms with Gasteiger partial charge in [-0.05, 0) is 54.0 Å². The van der Waals surface area contributed by atoms with E-state index in [9.17, 15) is 19.6 Å². The average Bonchev–Trinajstić information content (AvgIpc) is 3.44. The zero-order chi connectivity index (χ0) is 33.6. The molecule has 6 rings (SSSR count). The van der Waals surface area contributed by atoms with Crippen molar-refractivity contribution in [3.8, 4) is 11.8 Å². The van der Waals surface area contributed by atoms with Crippen LogP contribution in [0.3, 0.4) is 0 Å². The Hall–Kier alpha value is -5.56. The highest BCUT2D eigenvalue weighted by Crippen LogP contribution is 2.29. The van der Waals surface area contributed by atoms with Crippen LogP contribution in [0.25, 0.3) is 17.3 Å². The van der Waals surface area contributed by atoms with Gasteiger partial charge in [0.1, 0.15) is 10.7 Å². The number of methoxy groups -OCH3 is 1. The number of piperazine rings is 1. The zero-order valence-electron chi connectivity index (χ0n) is 26.7. The number of carbonyl (C=O) groups is 2. The summed E-state index contributed by atoms with van der Waals surface area (Å²) < 4.78 is 6.87. The first-order chi connectivity index (χ1) is 23.4. The molecule has 0 bridgehead atoms. The van der Waals surface area contributed by atoms with Crippen molar-refractivity contribution >= 4 is 34.9 Å². The fourth-order valence-electron chi connectivity index (χ4n) is 5.98.